The summed E-state index contributed by atoms with van der Waals surface area (Å²) < 4.78 is -0.188. The van der Waals surface area contributed by atoms with Crippen LogP contribution in [-0.4, -0.2) is 28.0 Å². The average molecular weight is 237 g/mol. The van der Waals surface area contributed by atoms with Crippen LogP contribution in [0.15, 0.2) is 24.3 Å². The van der Waals surface area contributed by atoms with Crippen LogP contribution < -0.4 is 5.06 Å². The second-order valence-electron chi connectivity index (χ2n) is 3.00. The van der Waals surface area contributed by atoms with E-state index in [1.165, 1.54) is 0 Å². The zero-order chi connectivity index (χ0) is 9.42. The molecule has 0 saturated heterocycles. The van der Waals surface area contributed by atoms with E-state index in [-0.39, 0.29) is 10.6 Å². The van der Waals surface area contributed by atoms with Crippen LogP contribution in [0, 0.1) is 0 Å². The van der Waals surface area contributed by atoms with Gasteiger partial charge in [-0.1, -0.05) is 0 Å². The van der Waals surface area contributed by atoms with Crippen molar-refractivity contribution in [2.24, 2.45) is 0 Å². The molecule has 0 fully saturated rings. The number of nitrogens with zero attached hydrogens (tertiary/aromatic N) is 1. The molecule has 2 rings (SSSR count). The van der Waals surface area contributed by atoms with E-state index >= 15 is 0 Å². The first-order valence-electron chi connectivity index (χ1n) is 3.99. The second-order valence-corrected chi connectivity index (χ2v) is 4.31. The predicted molar refractivity (Wildman–Crippen MR) is 48.9 cm³/mol. The van der Waals surface area contributed by atoms with E-state index in [2.05, 4.69) is 16.9 Å². The number of para-hydroxylation sites is 1. The molecule has 3 nitrogen and oxygen atoms in total. The Hall–Kier alpha value is -0.792. The second kappa shape index (κ2) is 3.17. The number of carbonyl (C=O) groups is 1. The fourth-order valence-electron chi connectivity index (χ4n) is 1.45. The molecule has 2 radical (unpaired) electrons. The SMILES string of the molecule is O=C1C([As])Cc2ccccc2N1O. The Morgan fingerprint density at radius 2 is 2.15 bits per heavy atom. The summed E-state index contributed by atoms with van der Waals surface area (Å²) in [6.07, 6.45) is 0.687. The third-order valence-corrected chi connectivity index (χ3v) is 2.97. The predicted octanol–water partition coefficient (Wildman–Crippen LogP) is 0.922. The fourth-order valence-corrected chi connectivity index (χ4v) is 2.09. The summed E-state index contributed by atoms with van der Waals surface area (Å²) in [5.41, 5.74) is 1.62. The third kappa shape index (κ3) is 1.38. The van der Waals surface area contributed by atoms with Gasteiger partial charge in [0.2, 0.25) is 0 Å². The van der Waals surface area contributed by atoms with Crippen molar-refractivity contribution in [1.29, 1.82) is 0 Å². The molecular weight excluding hydrogens is 229 g/mol. The minimum atomic E-state index is -0.251. The first-order chi connectivity index (χ1) is 6.20. The average Bonchev–Trinajstić information content (AvgIpc) is 2.15. The number of anilines is 1. The molecule has 66 valence electrons. The van der Waals surface area contributed by atoms with Gasteiger partial charge >= 0.3 is 84.5 Å². The number of hydrogen-bond acceptors (Lipinski definition) is 2. The van der Waals surface area contributed by atoms with Gasteiger partial charge in [-0.05, 0) is 0 Å². The van der Waals surface area contributed by atoms with Gasteiger partial charge < -0.3 is 0 Å². The van der Waals surface area contributed by atoms with Crippen molar-refractivity contribution in [3.8, 4) is 0 Å². The molecule has 1 aliphatic heterocycles. The van der Waals surface area contributed by atoms with Gasteiger partial charge in [-0.15, -0.1) is 0 Å². The maximum absolute atomic E-state index is 11.3. The molecule has 0 aliphatic carbocycles. The Kier molecular flexibility index (Phi) is 2.14. The Bertz CT molecular complexity index is 353. The summed E-state index contributed by atoms with van der Waals surface area (Å²) in [5.74, 6) is -0.251. The van der Waals surface area contributed by atoms with Crippen molar-refractivity contribution in [2.45, 2.75) is 11.1 Å². The molecule has 1 heterocycles. The van der Waals surface area contributed by atoms with Crippen LogP contribution in [0.5, 0.6) is 0 Å². The third-order valence-electron chi connectivity index (χ3n) is 2.13. The maximum atomic E-state index is 11.3. The molecule has 0 spiro atoms. The van der Waals surface area contributed by atoms with Gasteiger partial charge in [0.1, 0.15) is 0 Å². The van der Waals surface area contributed by atoms with Crippen LogP contribution in [0.25, 0.3) is 0 Å². The summed E-state index contributed by atoms with van der Waals surface area (Å²) in [4.78, 5) is 11.3. The summed E-state index contributed by atoms with van der Waals surface area (Å²) in [7, 11) is 0. The molecule has 1 amide bonds. The van der Waals surface area contributed by atoms with Crippen molar-refractivity contribution in [1.82, 2.24) is 0 Å². The van der Waals surface area contributed by atoms with Crippen molar-refractivity contribution in [2.75, 3.05) is 5.06 Å². The first kappa shape index (κ1) is 8.79. The van der Waals surface area contributed by atoms with Crippen LogP contribution in [0.2, 0.25) is 4.71 Å². The van der Waals surface area contributed by atoms with Crippen LogP contribution in [0.3, 0.4) is 0 Å². The molecule has 4 heteroatoms. The van der Waals surface area contributed by atoms with Gasteiger partial charge in [0.25, 0.3) is 0 Å². The van der Waals surface area contributed by atoms with Gasteiger partial charge in [-0.3, -0.25) is 0 Å². The van der Waals surface area contributed by atoms with E-state index in [9.17, 15) is 10.0 Å². The van der Waals surface area contributed by atoms with Gasteiger partial charge in [0.15, 0.2) is 0 Å². The molecule has 0 bridgehead atoms. The van der Waals surface area contributed by atoms with E-state index < -0.39 is 0 Å². The molecule has 0 saturated carbocycles. The van der Waals surface area contributed by atoms with Crippen LogP contribution in [0.4, 0.5) is 5.69 Å². The number of amides is 1. The van der Waals surface area contributed by atoms with E-state index in [4.69, 9.17) is 0 Å². The van der Waals surface area contributed by atoms with E-state index in [1.54, 1.807) is 12.1 Å². The Morgan fingerprint density at radius 1 is 1.46 bits per heavy atom. The van der Waals surface area contributed by atoms with E-state index in [0.29, 0.717) is 12.1 Å². The normalized spacial score (nSPS) is 21.5. The zero-order valence-corrected chi connectivity index (χ0v) is 8.72. The fraction of sp³-hybridized carbons (Fsp3) is 0.222. The molecule has 1 aromatic rings. The minimum absolute atomic E-state index is 0.188. The molecule has 13 heavy (non-hydrogen) atoms. The summed E-state index contributed by atoms with van der Waals surface area (Å²) in [5, 5.41) is 10.2. The quantitative estimate of drug-likeness (QED) is 0.538. The molecule has 1 aromatic carbocycles. The van der Waals surface area contributed by atoms with Crippen LogP contribution in [-0.2, 0) is 11.2 Å². The summed E-state index contributed by atoms with van der Waals surface area (Å²) >= 11 is 2.28. The number of rotatable bonds is 0. The standard InChI is InChI=1S/C9H8AsNO2/c10-7-5-6-3-1-2-4-8(6)11(13)9(7)12/h1-4,7,13H,5H2. The van der Waals surface area contributed by atoms with Crippen molar-refractivity contribution in [3.05, 3.63) is 29.8 Å². The van der Waals surface area contributed by atoms with Crippen molar-refractivity contribution < 1.29 is 10.0 Å². The number of carbonyl (C=O) groups excluding carboxylic acids is 1. The summed E-state index contributed by atoms with van der Waals surface area (Å²) in [6, 6.07) is 7.37. The van der Waals surface area contributed by atoms with Gasteiger partial charge in [-0.2, -0.15) is 0 Å². The summed E-state index contributed by atoms with van der Waals surface area (Å²) in [6.45, 7) is 0. The van der Waals surface area contributed by atoms with E-state index in [0.717, 1.165) is 10.6 Å². The van der Waals surface area contributed by atoms with Gasteiger partial charge in [0.05, 0.1) is 0 Å². The van der Waals surface area contributed by atoms with Gasteiger partial charge in [-0.25, -0.2) is 0 Å². The molecule has 1 atom stereocenters. The number of hydroxylamine groups is 1. The molecule has 0 aromatic heterocycles. The molecular formula is C9H8AsNO2. The molecule has 1 N–H and O–H groups in total. The number of hydrogen-bond donors (Lipinski definition) is 1. The Morgan fingerprint density at radius 3 is 2.92 bits per heavy atom. The van der Waals surface area contributed by atoms with Crippen LogP contribution >= 0.6 is 0 Å². The first-order valence-corrected chi connectivity index (χ1v) is 5.07. The zero-order valence-electron chi connectivity index (χ0n) is 6.84. The van der Waals surface area contributed by atoms with Gasteiger partial charge in [0, 0.05) is 0 Å². The Labute approximate surface area is 84.8 Å². The van der Waals surface area contributed by atoms with Crippen molar-refractivity contribution in [3.63, 3.8) is 0 Å². The van der Waals surface area contributed by atoms with E-state index in [1.807, 2.05) is 12.1 Å². The number of fused-ring (bicyclic) bond motifs is 1. The Balaban J connectivity index is 2.49. The van der Waals surface area contributed by atoms with Crippen LogP contribution in [0.1, 0.15) is 5.56 Å². The monoisotopic (exact) mass is 237 g/mol. The molecule has 1 aliphatic rings. The topological polar surface area (TPSA) is 40.5 Å². The van der Waals surface area contributed by atoms with Crippen molar-refractivity contribution >= 4 is 28.4 Å². The number of benzene rings is 1. The molecule has 1 unspecified atom stereocenters.